The molecule has 0 bridgehead atoms. The Morgan fingerprint density at radius 1 is 1.41 bits per heavy atom. The molecule has 1 fully saturated rings. The van der Waals surface area contributed by atoms with Crippen LogP contribution in [0.4, 0.5) is 0 Å². The summed E-state index contributed by atoms with van der Waals surface area (Å²) < 4.78 is 11.1. The van der Waals surface area contributed by atoms with E-state index in [9.17, 15) is 4.79 Å². The van der Waals surface area contributed by atoms with Crippen molar-refractivity contribution in [1.82, 2.24) is 15.2 Å². The first-order valence-corrected chi connectivity index (χ1v) is 10.1. The molecule has 1 radical (unpaired) electrons. The van der Waals surface area contributed by atoms with Crippen molar-refractivity contribution in [3.8, 4) is 5.75 Å². The second-order valence-corrected chi connectivity index (χ2v) is 7.45. The summed E-state index contributed by atoms with van der Waals surface area (Å²) in [5, 5.41) is 4.27. The van der Waals surface area contributed by atoms with Gasteiger partial charge in [0.1, 0.15) is 5.69 Å². The van der Waals surface area contributed by atoms with Gasteiger partial charge in [-0.3, -0.25) is 9.78 Å². The summed E-state index contributed by atoms with van der Waals surface area (Å²) in [5.41, 5.74) is 1.18. The van der Waals surface area contributed by atoms with Gasteiger partial charge in [0.05, 0.1) is 12.4 Å². The average Bonchev–Trinajstić information content (AvgIpc) is 2.71. The largest absolute Gasteiger partial charge is 0.506 e. The topological polar surface area (TPSA) is 63.7 Å². The maximum atomic E-state index is 13.4. The first-order chi connectivity index (χ1) is 13.6. The molecule has 1 aromatic carbocycles. The minimum absolute atomic E-state index is 0. The maximum Gasteiger partial charge on any atom is 0.272 e. The van der Waals surface area contributed by atoms with Gasteiger partial charge in [0.15, 0.2) is 0 Å². The van der Waals surface area contributed by atoms with E-state index in [1.807, 2.05) is 23.1 Å². The summed E-state index contributed by atoms with van der Waals surface area (Å²) in [6, 6.07) is 10.7. The minimum atomic E-state index is -0.0415. The van der Waals surface area contributed by atoms with Crippen molar-refractivity contribution in [1.29, 1.82) is 0 Å². The van der Waals surface area contributed by atoms with E-state index in [0.29, 0.717) is 24.7 Å². The predicted molar refractivity (Wildman–Crippen MR) is 110 cm³/mol. The van der Waals surface area contributed by atoms with Crippen molar-refractivity contribution >= 4 is 16.8 Å². The summed E-state index contributed by atoms with van der Waals surface area (Å²) >= 11 is 0. The molecule has 3 rings (SSSR count). The molecule has 0 spiro atoms. The zero-order valence-corrected chi connectivity index (χ0v) is 19.3. The summed E-state index contributed by atoms with van der Waals surface area (Å²) in [6.45, 7) is 7.12. The normalized spacial score (nSPS) is 16.5. The molecule has 0 saturated carbocycles. The van der Waals surface area contributed by atoms with Crippen LogP contribution < -0.4 is 10.1 Å². The fourth-order valence-corrected chi connectivity index (χ4v) is 3.72. The Morgan fingerprint density at radius 2 is 2.24 bits per heavy atom. The molecule has 1 aliphatic heterocycles. The average molecular weight is 549 g/mol. The second-order valence-electron chi connectivity index (χ2n) is 7.45. The van der Waals surface area contributed by atoms with Gasteiger partial charge < -0.3 is 19.7 Å². The van der Waals surface area contributed by atoms with Gasteiger partial charge in [-0.15, -0.1) is 6.07 Å². The number of fused-ring (bicyclic) bond motifs is 1. The number of hydrogen-bond donors (Lipinski definition) is 1. The van der Waals surface area contributed by atoms with Crippen molar-refractivity contribution in [2.75, 3.05) is 33.4 Å². The zero-order valence-electron chi connectivity index (χ0n) is 17.3. The number of piperidine rings is 1. The molecule has 2 aromatic rings. The number of methoxy groups -OCH3 is 1. The van der Waals surface area contributed by atoms with Crippen molar-refractivity contribution in [2.24, 2.45) is 0 Å². The van der Waals surface area contributed by atoms with Crippen molar-refractivity contribution in [2.45, 2.75) is 45.2 Å². The molecule has 6 nitrogen and oxygen atoms in total. The summed E-state index contributed by atoms with van der Waals surface area (Å²) in [6.07, 6.45) is 2.88. The van der Waals surface area contributed by atoms with Gasteiger partial charge in [0.2, 0.25) is 0 Å². The molecule has 29 heavy (non-hydrogen) atoms. The number of aromatic nitrogens is 1. The molecule has 1 saturated heterocycles. The number of nitrogens with zero attached hydrogens (tertiary/aromatic N) is 2. The Bertz CT molecular complexity index is 794. The Labute approximate surface area is 203 Å². The quantitative estimate of drug-likeness (QED) is 0.312. The van der Waals surface area contributed by atoms with E-state index >= 15 is 0 Å². The first kappa shape index (κ1) is 24.4. The van der Waals surface area contributed by atoms with Crippen molar-refractivity contribution < 1.29 is 52.0 Å². The number of carbonyl (C=O) groups is 1. The van der Waals surface area contributed by atoms with Crippen LogP contribution in [0.2, 0.25) is 0 Å². The number of ether oxygens (including phenoxy) is 2. The van der Waals surface area contributed by atoms with Gasteiger partial charge in [0.25, 0.3) is 5.91 Å². The van der Waals surface area contributed by atoms with E-state index in [2.05, 4.69) is 30.2 Å². The van der Waals surface area contributed by atoms with Gasteiger partial charge >= 0.3 is 0 Å². The third-order valence-corrected chi connectivity index (χ3v) is 5.04. The van der Waals surface area contributed by atoms with Crippen LogP contribution in [0.1, 0.15) is 43.6 Å². The molecule has 0 unspecified atom stereocenters. The first-order valence-electron chi connectivity index (χ1n) is 10.1. The predicted octanol–water partition coefficient (Wildman–Crippen LogP) is 3.05. The van der Waals surface area contributed by atoms with Crippen molar-refractivity contribution in [3.05, 3.63) is 36.0 Å². The second kappa shape index (κ2) is 12.1. The summed E-state index contributed by atoms with van der Waals surface area (Å²) in [7, 11) is 1.67. The molecule has 163 valence electrons. The van der Waals surface area contributed by atoms with E-state index < -0.39 is 0 Å². The van der Waals surface area contributed by atoms with Crippen LogP contribution in [0.15, 0.2) is 24.3 Å². The minimum Gasteiger partial charge on any atom is -0.506 e. The maximum absolute atomic E-state index is 13.4. The van der Waals surface area contributed by atoms with E-state index in [-0.39, 0.29) is 55.7 Å². The molecule has 0 aliphatic carbocycles. The van der Waals surface area contributed by atoms with Gasteiger partial charge in [-0.05, 0) is 44.8 Å². The van der Waals surface area contributed by atoms with Crippen LogP contribution in [0.25, 0.3) is 10.9 Å². The Balaban J connectivity index is 0.00000300. The summed E-state index contributed by atoms with van der Waals surface area (Å²) in [4.78, 5) is 20.0. The van der Waals surface area contributed by atoms with E-state index in [0.717, 1.165) is 43.3 Å². The Hall–Kier alpha value is -0.920. The standard InChI is InChI=1S/C22H30N3O3.Ho/c1-16(2)25(17-8-6-11-23-15-17)22(26)20-14-21(28-13-7-12-27-3)18-9-4-5-10-19(18)24-20;/h5,9-10,14,16-17,23H,6-8,11-13,15H2,1-3H3;/q-1;/t17-;/m1./s1. The number of benzene rings is 1. The molecule has 1 atom stereocenters. The Morgan fingerprint density at radius 3 is 2.93 bits per heavy atom. The monoisotopic (exact) mass is 549 g/mol. The fourth-order valence-electron chi connectivity index (χ4n) is 3.72. The van der Waals surface area contributed by atoms with Crippen LogP contribution in [0.3, 0.4) is 0 Å². The third-order valence-electron chi connectivity index (χ3n) is 5.04. The number of nitrogens with one attached hydrogen (secondary N) is 1. The summed E-state index contributed by atoms with van der Waals surface area (Å²) in [5.74, 6) is 0.631. The fraction of sp³-hybridized carbons (Fsp3) is 0.545. The van der Waals surface area contributed by atoms with E-state index in [1.165, 1.54) is 0 Å². The van der Waals surface area contributed by atoms with Gasteiger partial charge in [-0.25, -0.2) is 0 Å². The number of rotatable bonds is 8. The SMILES string of the molecule is COCCCOc1cc(C(=O)N(C(C)C)[C@@H]2CCCNC2)nc2cc[c-]cc12.[Ho]. The van der Waals surface area contributed by atoms with Gasteiger partial charge in [0, 0.05) is 76.5 Å². The molecule has 1 amide bonds. The van der Waals surface area contributed by atoms with Crippen LogP contribution in [-0.2, 0) is 4.74 Å². The Kier molecular flexibility index (Phi) is 10.1. The van der Waals surface area contributed by atoms with E-state index in [4.69, 9.17) is 9.47 Å². The number of hydrogen-bond acceptors (Lipinski definition) is 5. The molecular formula is C22H30HoN3O3-. The number of pyridine rings is 1. The van der Waals surface area contributed by atoms with Crippen molar-refractivity contribution in [3.63, 3.8) is 0 Å². The number of carbonyl (C=O) groups excluding carboxylic acids is 1. The smallest absolute Gasteiger partial charge is 0.272 e. The van der Waals surface area contributed by atoms with Crippen LogP contribution in [0, 0.1) is 43.8 Å². The molecule has 1 aliphatic rings. The molecule has 1 aromatic heterocycles. The number of amides is 1. The molecule has 2 heterocycles. The molecular weight excluding hydrogens is 519 g/mol. The van der Waals surface area contributed by atoms with Gasteiger partial charge in [-0.2, -0.15) is 18.2 Å². The van der Waals surface area contributed by atoms with Gasteiger partial charge in [-0.1, -0.05) is 5.39 Å². The molecule has 1 N–H and O–H groups in total. The van der Waals surface area contributed by atoms with Crippen LogP contribution >= 0.6 is 0 Å². The van der Waals surface area contributed by atoms with Crippen LogP contribution in [-0.4, -0.2) is 61.3 Å². The van der Waals surface area contributed by atoms with Crippen LogP contribution in [0.5, 0.6) is 5.75 Å². The zero-order chi connectivity index (χ0) is 19.9. The van der Waals surface area contributed by atoms with E-state index in [1.54, 1.807) is 13.2 Å². The molecule has 7 heteroatoms. The third kappa shape index (κ3) is 6.28.